The van der Waals surface area contributed by atoms with Gasteiger partial charge in [-0.1, -0.05) is 30.7 Å². The molecule has 1 aliphatic rings. The van der Waals surface area contributed by atoms with Crippen LogP contribution < -0.4 is 10.6 Å². The second kappa shape index (κ2) is 9.20. The summed E-state index contributed by atoms with van der Waals surface area (Å²) >= 11 is 0. The van der Waals surface area contributed by atoms with Gasteiger partial charge in [-0.05, 0) is 49.2 Å². The fourth-order valence-corrected chi connectivity index (χ4v) is 3.15. The Hall–Kier alpha value is -2.60. The van der Waals surface area contributed by atoms with Gasteiger partial charge in [0.1, 0.15) is 0 Å². The van der Waals surface area contributed by atoms with Crippen LogP contribution in [0.5, 0.6) is 0 Å². The minimum Gasteiger partial charge on any atom is -0.459 e. The second-order valence-corrected chi connectivity index (χ2v) is 6.54. The topological polar surface area (TPSA) is 74.6 Å². The van der Waals surface area contributed by atoms with Crippen LogP contribution >= 0.6 is 0 Å². The maximum atomic E-state index is 12.0. The SMILES string of the molecule is O=C(CNC(=O)c1ccco1)NCc1ccccc1CN1CCCCC1. The molecule has 1 fully saturated rings. The molecule has 1 saturated heterocycles. The van der Waals surface area contributed by atoms with Crippen molar-refractivity contribution in [3.8, 4) is 0 Å². The molecule has 0 bridgehead atoms. The largest absolute Gasteiger partial charge is 0.459 e. The molecule has 1 aromatic carbocycles. The van der Waals surface area contributed by atoms with Crippen molar-refractivity contribution in [2.45, 2.75) is 32.4 Å². The summed E-state index contributed by atoms with van der Waals surface area (Å²) in [6.45, 7) is 3.58. The maximum absolute atomic E-state index is 12.0. The first-order valence-corrected chi connectivity index (χ1v) is 9.10. The molecule has 0 saturated carbocycles. The predicted octanol–water partition coefficient (Wildman–Crippen LogP) is 2.31. The van der Waals surface area contributed by atoms with Crippen molar-refractivity contribution in [1.82, 2.24) is 15.5 Å². The van der Waals surface area contributed by atoms with E-state index in [1.807, 2.05) is 18.2 Å². The van der Waals surface area contributed by atoms with Gasteiger partial charge in [0.15, 0.2) is 5.76 Å². The summed E-state index contributed by atoms with van der Waals surface area (Å²) in [7, 11) is 0. The first-order valence-electron chi connectivity index (χ1n) is 9.10. The Morgan fingerprint density at radius 2 is 1.73 bits per heavy atom. The van der Waals surface area contributed by atoms with E-state index in [4.69, 9.17) is 4.42 Å². The summed E-state index contributed by atoms with van der Waals surface area (Å²) in [5, 5.41) is 5.42. The highest BCUT2D eigenvalue weighted by atomic mass is 16.3. The van der Waals surface area contributed by atoms with Gasteiger partial charge in [-0.15, -0.1) is 0 Å². The van der Waals surface area contributed by atoms with Gasteiger partial charge in [0.2, 0.25) is 5.91 Å². The van der Waals surface area contributed by atoms with Gasteiger partial charge < -0.3 is 15.1 Å². The molecule has 0 spiro atoms. The van der Waals surface area contributed by atoms with E-state index in [-0.39, 0.29) is 18.2 Å². The van der Waals surface area contributed by atoms with E-state index in [1.165, 1.54) is 31.1 Å². The fraction of sp³-hybridized carbons (Fsp3) is 0.400. The quantitative estimate of drug-likeness (QED) is 0.799. The minimum absolute atomic E-state index is 0.0756. The number of carbonyl (C=O) groups excluding carboxylic acids is 2. The Kier molecular flexibility index (Phi) is 6.44. The Morgan fingerprint density at radius 3 is 2.46 bits per heavy atom. The van der Waals surface area contributed by atoms with Crippen molar-refractivity contribution in [1.29, 1.82) is 0 Å². The van der Waals surface area contributed by atoms with Crippen LogP contribution in [0.25, 0.3) is 0 Å². The molecule has 0 atom stereocenters. The standard InChI is InChI=1S/C20H25N3O3/c24-19(14-22-20(25)18-9-6-12-26-18)21-13-16-7-2-3-8-17(16)15-23-10-4-1-5-11-23/h2-3,6-9,12H,1,4-5,10-11,13-15H2,(H,21,24)(H,22,25). The highest BCUT2D eigenvalue weighted by Gasteiger charge is 2.13. The lowest BCUT2D eigenvalue weighted by Gasteiger charge is -2.27. The number of amides is 2. The summed E-state index contributed by atoms with van der Waals surface area (Å²) in [5.74, 6) is -0.419. The van der Waals surface area contributed by atoms with Crippen LogP contribution in [0.4, 0.5) is 0 Å². The van der Waals surface area contributed by atoms with Gasteiger partial charge in [0, 0.05) is 13.1 Å². The molecule has 2 N–H and O–H groups in total. The van der Waals surface area contributed by atoms with Crippen LogP contribution in [0.15, 0.2) is 47.1 Å². The number of furan rings is 1. The van der Waals surface area contributed by atoms with Gasteiger partial charge in [0.25, 0.3) is 5.91 Å². The zero-order chi connectivity index (χ0) is 18.2. The van der Waals surface area contributed by atoms with Crippen molar-refractivity contribution in [3.05, 3.63) is 59.5 Å². The van der Waals surface area contributed by atoms with Gasteiger partial charge in [-0.25, -0.2) is 0 Å². The molecule has 6 nitrogen and oxygen atoms in total. The first-order chi connectivity index (χ1) is 12.7. The fourth-order valence-electron chi connectivity index (χ4n) is 3.15. The molecule has 2 heterocycles. The van der Waals surface area contributed by atoms with E-state index in [0.717, 1.165) is 25.2 Å². The summed E-state index contributed by atoms with van der Waals surface area (Å²) < 4.78 is 5.00. The molecule has 138 valence electrons. The summed E-state index contributed by atoms with van der Waals surface area (Å²) in [6, 6.07) is 11.4. The Labute approximate surface area is 153 Å². The molecule has 6 heteroatoms. The number of hydrogen-bond donors (Lipinski definition) is 2. The van der Waals surface area contributed by atoms with E-state index in [1.54, 1.807) is 12.1 Å². The van der Waals surface area contributed by atoms with Gasteiger partial charge in [-0.2, -0.15) is 0 Å². The van der Waals surface area contributed by atoms with E-state index in [2.05, 4.69) is 21.6 Å². The van der Waals surface area contributed by atoms with Gasteiger partial charge in [-0.3, -0.25) is 14.5 Å². The molecule has 0 aliphatic carbocycles. The lowest BCUT2D eigenvalue weighted by atomic mass is 10.0. The maximum Gasteiger partial charge on any atom is 0.287 e. The average Bonchev–Trinajstić information content (AvgIpc) is 3.21. The first kappa shape index (κ1) is 18.2. The van der Waals surface area contributed by atoms with E-state index < -0.39 is 5.91 Å². The van der Waals surface area contributed by atoms with E-state index in [0.29, 0.717) is 6.54 Å². The number of nitrogens with zero attached hydrogens (tertiary/aromatic N) is 1. The number of nitrogens with one attached hydrogen (secondary N) is 2. The second-order valence-electron chi connectivity index (χ2n) is 6.54. The van der Waals surface area contributed by atoms with E-state index >= 15 is 0 Å². The monoisotopic (exact) mass is 355 g/mol. The molecular formula is C20H25N3O3. The molecule has 2 amide bonds. The van der Waals surface area contributed by atoms with Crippen molar-refractivity contribution >= 4 is 11.8 Å². The van der Waals surface area contributed by atoms with Gasteiger partial charge >= 0.3 is 0 Å². The van der Waals surface area contributed by atoms with Crippen LogP contribution in [0.2, 0.25) is 0 Å². The zero-order valence-corrected chi connectivity index (χ0v) is 14.9. The summed E-state index contributed by atoms with van der Waals surface area (Å²) in [5.41, 5.74) is 2.36. The highest BCUT2D eigenvalue weighted by molar-refractivity contribution is 5.94. The summed E-state index contributed by atoms with van der Waals surface area (Å²) in [4.78, 5) is 26.3. The third kappa shape index (κ3) is 5.20. The van der Waals surface area contributed by atoms with Crippen LogP contribution in [0.3, 0.4) is 0 Å². The third-order valence-electron chi connectivity index (χ3n) is 4.59. The van der Waals surface area contributed by atoms with Gasteiger partial charge in [0.05, 0.1) is 12.8 Å². The van der Waals surface area contributed by atoms with Crippen LogP contribution in [-0.2, 0) is 17.9 Å². The zero-order valence-electron chi connectivity index (χ0n) is 14.9. The number of benzene rings is 1. The smallest absolute Gasteiger partial charge is 0.287 e. The van der Waals surface area contributed by atoms with E-state index in [9.17, 15) is 9.59 Å². The molecule has 26 heavy (non-hydrogen) atoms. The van der Waals surface area contributed by atoms with Crippen LogP contribution in [0.1, 0.15) is 40.9 Å². The lowest BCUT2D eigenvalue weighted by molar-refractivity contribution is -0.120. The molecule has 1 aliphatic heterocycles. The molecule has 0 radical (unpaired) electrons. The van der Waals surface area contributed by atoms with Crippen molar-refractivity contribution in [3.63, 3.8) is 0 Å². The Balaban J connectivity index is 1.47. The Morgan fingerprint density at radius 1 is 0.962 bits per heavy atom. The third-order valence-corrected chi connectivity index (χ3v) is 4.59. The number of hydrogen-bond acceptors (Lipinski definition) is 4. The minimum atomic E-state index is -0.393. The van der Waals surface area contributed by atoms with Crippen molar-refractivity contribution < 1.29 is 14.0 Å². The number of carbonyl (C=O) groups is 2. The number of rotatable bonds is 7. The number of piperidine rings is 1. The van der Waals surface area contributed by atoms with Crippen LogP contribution in [-0.4, -0.2) is 36.3 Å². The normalized spacial score (nSPS) is 14.8. The molecule has 2 aromatic rings. The Bertz CT molecular complexity index is 722. The lowest BCUT2D eigenvalue weighted by Crippen LogP contribution is -2.36. The van der Waals surface area contributed by atoms with Crippen molar-refractivity contribution in [2.75, 3.05) is 19.6 Å². The molecular weight excluding hydrogens is 330 g/mol. The molecule has 3 rings (SSSR count). The number of likely N-dealkylation sites (tertiary alicyclic amines) is 1. The highest BCUT2D eigenvalue weighted by Crippen LogP contribution is 2.16. The predicted molar refractivity (Wildman–Crippen MR) is 98.5 cm³/mol. The molecule has 0 unspecified atom stereocenters. The molecule has 1 aromatic heterocycles. The van der Waals surface area contributed by atoms with Crippen LogP contribution in [0, 0.1) is 0 Å². The summed E-state index contributed by atoms with van der Waals surface area (Å²) in [6.07, 6.45) is 5.26. The van der Waals surface area contributed by atoms with Crippen molar-refractivity contribution in [2.24, 2.45) is 0 Å². The average molecular weight is 355 g/mol.